The average molecular weight is 177 g/mol. The molecule has 0 spiro atoms. The van der Waals surface area contributed by atoms with Crippen molar-refractivity contribution >= 4 is 0 Å². The Morgan fingerprint density at radius 1 is 1.46 bits per heavy atom. The summed E-state index contributed by atoms with van der Waals surface area (Å²) in [6.07, 6.45) is 2.30. The molecular formula is C10H11NO2. The number of phenolic OH excluding ortho intramolecular Hbond substituents is 1. The van der Waals surface area contributed by atoms with Gasteiger partial charge in [0.1, 0.15) is 12.3 Å². The molecule has 0 aliphatic rings. The maximum Gasteiger partial charge on any atom is 0.124 e. The molecule has 0 fully saturated rings. The van der Waals surface area contributed by atoms with E-state index >= 15 is 0 Å². The molecule has 0 aliphatic carbocycles. The molecule has 0 unspecified atom stereocenters. The molecule has 0 radical (unpaired) electrons. The van der Waals surface area contributed by atoms with E-state index in [4.69, 9.17) is 0 Å². The minimum atomic E-state index is 0.0107. The van der Waals surface area contributed by atoms with Crippen LogP contribution in [0, 0.1) is 4.91 Å². The standard InChI is InChI=1S/C10H11NO2/c1-2-4-8-5-3-6-9(7-11-13)10(8)12/h2-3,5-6,12H,1,4,7H2. The largest absolute Gasteiger partial charge is 0.507 e. The first-order chi connectivity index (χ1) is 6.29. The number of nitroso groups, excluding NO2 is 1. The molecule has 0 amide bonds. The van der Waals surface area contributed by atoms with Gasteiger partial charge in [0.2, 0.25) is 0 Å². The molecule has 3 heteroatoms. The summed E-state index contributed by atoms with van der Waals surface area (Å²) in [6.45, 7) is 3.59. The van der Waals surface area contributed by atoms with Gasteiger partial charge in [-0.05, 0) is 12.0 Å². The Hall–Kier alpha value is -1.64. The second-order valence-corrected chi connectivity index (χ2v) is 2.70. The Labute approximate surface area is 76.7 Å². The fourth-order valence-electron chi connectivity index (χ4n) is 1.16. The van der Waals surface area contributed by atoms with E-state index in [0.29, 0.717) is 12.0 Å². The van der Waals surface area contributed by atoms with Crippen LogP contribution < -0.4 is 0 Å². The van der Waals surface area contributed by atoms with Gasteiger partial charge < -0.3 is 5.11 Å². The van der Waals surface area contributed by atoms with Crippen molar-refractivity contribution in [2.24, 2.45) is 5.18 Å². The van der Waals surface area contributed by atoms with Gasteiger partial charge in [-0.2, -0.15) is 4.91 Å². The van der Waals surface area contributed by atoms with E-state index in [1.807, 2.05) is 0 Å². The van der Waals surface area contributed by atoms with Gasteiger partial charge in [-0.15, -0.1) is 6.58 Å². The maximum absolute atomic E-state index is 10.0. The van der Waals surface area contributed by atoms with Crippen LogP contribution >= 0.6 is 0 Å². The highest BCUT2D eigenvalue weighted by molar-refractivity contribution is 5.41. The van der Waals surface area contributed by atoms with Crippen LogP contribution in [0.15, 0.2) is 36.0 Å². The molecule has 0 heterocycles. The summed E-state index contributed by atoms with van der Waals surface area (Å²) >= 11 is 0. The van der Waals surface area contributed by atoms with Crippen LogP contribution in [0.3, 0.4) is 0 Å². The van der Waals surface area contributed by atoms with Crippen molar-refractivity contribution in [1.82, 2.24) is 0 Å². The van der Waals surface area contributed by atoms with E-state index in [1.54, 1.807) is 24.3 Å². The van der Waals surface area contributed by atoms with Gasteiger partial charge in [-0.1, -0.05) is 29.5 Å². The summed E-state index contributed by atoms with van der Waals surface area (Å²) in [5.41, 5.74) is 1.34. The fraction of sp³-hybridized carbons (Fsp3) is 0.200. The van der Waals surface area contributed by atoms with Gasteiger partial charge in [0.25, 0.3) is 0 Å². The van der Waals surface area contributed by atoms with Crippen LogP contribution in [0.1, 0.15) is 11.1 Å². The molecule has 1 N–H and O–H groups in total. The van der Waals surface area contributed by atoms with E-state index in [0.717, 1.165) is 5.56 Å². The lowest BCUT2D eigenvalue weighted by atomic mass is 10.1. The number of allylic oxidation sites excluding steroid dienone is 1. The molecule has 68 valence electrons. The van der Waals surface area contributed by atoms with Gasteiger partial charge in [-0.3, -0.25) is 0 Å². The Balaban J connectivity index is 3.02. The molecule has 13 heavy (non-hydrogen) atoms. The van der Waals surface area contributed by atoms with Crippen molar-refractivity contribution in [2.45, 2.75) is 13.0 Å². The quantitative estimate of drug-likeness (QED) is 0.567. The second-order valence-electron chi connectivity index (χ2n) is 2.70. The van der Waals surface area contributed by atoms with Gasteiger partial charge >= 0.3 is 0 Å². The zero-order valence-corrected chi connectivity index (χ0v) is 7.23. The predicted molar refractivity (Wildman–Crippen MR) is 51.5 cm³/mol. The minimum absolute atomic E-state index is 0.0107. The van der Waals surface area contributed by atoms with Gasteiger partial charge in [0.05, 0.1) is 0 Å². The molecule has 3 nitrogen and oxygen atoms in total. The van der Waals surface area contributed by atoms with Crippen LogP contribution in [0.5, 0.6) is 5.75 Å². The predicted octanol–water partition coefficient (Wildman–Crippen LogP) is 2.39. The molecule has 0 saturated heterocycles. The second kappa shape index (κ2) is 4.40. The SMILES string of the molecule is C=CCc1cccc(CN=O)c1O. The number of aromatic hydroxyl groups is 1. The van der Waals surface area contributed by atoms with Crippen molar-refractivity contribution in [3.63, 3.8) is 0 Å². The summed E-state index contributed by atoms with van der Waals surface area (Å²) in [5.74, 6) is 0.155. The molecule has 0 saturated carbocycles. The minimum Gasteiger partial charge on any atom is -0.507 e. The number of hydrogen-bond donors (Lipinski definition) is 1. The molecule has 1 aromatic rings. The summed E-state index contributed by atoms with van der Waals surface area (Å²) in [7, 11) is 0. The fourth-order valence-corrected chi connectivity index (χ4v) is 1.16. The third kappa shape index (κ3) is 2.15. The van der Waals surface area contributed by atoms with Crippen LogP contribution in [-0.4, -0.2) is 5.11 Å². The summed E-state index contributed by atoms with van der Waals surface area (Å²) < 4.78 is 0. The monoisotopic (exact) mass is 177 g/mol. The Kier molecular flexibility index (Phi) is 3.20. The average Bonchev–Trinajstić information content (AvgIpc) is 2.13. The molecule has 0 aromatic heterocycles. The topological polar surface area (TPSA) is 49.7 Å². The van der Waals surface area contributed by atoms with Crippen molar-refractivity contribution < 1.29 is 5.11 Å². The number of rotatable bonds is 4. The van der Waals surface area contributed by atoms with E-state index in [9.17, 15) is 10.0 Å². The Morgan fingerprint density at radius 2 is 2.15 bits per heavy atom. The Morgan fingerprint density at radius 3 is 2.77 bits per heavy atom. The lowest BCUT2D eigenvalue weighted by molar-refractivity contribution is 0.463. The first-order valence-electron chi connectivity index (χ1n) is 3.99. The third-order valence-electron chi connectivity index (χ3n) is 1.80. The van der Waals surface area contributed by atoms with E-state index in [2.05, 4.69) is 11.8 Å². The lowest BCUT2D eigenvalue weighted by Gasteiger charge is -2.04. The summed E-state index contributed by atoms with van der Waals surface area (Å²) in [5, 5.41) is 12.3. The highest BCUT2D eigenvalue weighted by Gasteiger charge is 2.04. The van der Waals surface area contributed by atoms with Crippen molar-refractivity contribution in [1.29, 1.82) is 0 Å². The molecule has 0 aliphatic heterocycles. The van der Waals surface area contributed by atoms with Crippen LogP contribution in [0.25, 0.3) is 0 Å². The maximum atomic E-state index is 10.0. The number of benzene rings is 1. The van der Waals surface area contributed by atoms with Crippen LogP contribution in [0.4, 0.5) is 0 Å². The zero-order chi connectivity index (χ0) is 9.68. The normalized spacial score (nSPS) is 9.54. The zero-order valence-electron chi connectivity index (χ0n) is 7.23. The highest BCUT2D eigenvalue weighted by Crippen LogP contribution is 2.23. The molecule has 1 aromatic carbocycles. The third-order valence-corrected chi connectivity index (χ3v) is 1.80. The molecular weight excluding hydrogens is 166 g/mol. The van der Waals surface area contributed by atoms with E-state index < -0.39 is 0 Å². The van der Waals surface area contributed by atoms with Crippen molar-refractivity contribution in [3.8, 4) is 5.75 Å². The van der Waals surface area contributed by atoms with E-state index in [-0.39, 0.29) is 12.3 Å². The van der Waals surface area contributed by atoms with Crippen LogP contribution in [-0.2, 0) is 13.0 Å². The molecule has 0 bridgehead atoms. The highest BCUT2D eigenvalue weighted by atomic mass is 16.3. The van der Waals surface area contributed by atoms with Gasteiger partial charge in [0, 0.05) is 5.56 Å². The van der Waals surface area contributed by atoms with E-state index in [1.165, 1.54) is 0 Å². The molecule has 0 atom stereocenters. The first-order valence-corrected chi connectivity index (χ1v) is 3.99. The number of phenols is 1. The number of hydrogen-bond acceptors (Lipinski definition) is 3. The number of para-hydroxylation sites is 1. The van der Waals surface area contributed by atoms with Gasteiger partial charge in [-0.25, -0.2) is 0 Å². The van der Waals surface area contributed by atoms with Crippen molar-refractivity contribution in [3.05, 3.63) is 46.9 Å². The lowest BCUT2D eigenvalue weighted by Crippen LogP contribution is -1.88. The summed E-state index contributed by atoms with van der Waals surface area (Å²) in [6, 6.07) is 5.27. The number of nitrogens with zero attached hydrogens (tertiary/aromatic N) is 1. The Bertz CT molecular complexity index is 292. The first kappa shape index (κ1) is 9.45. The van der Waals surface area contributed by atoms with Crippen LogP contribution in [0.2, 0.25) is 0 Å². The molecule has 1 rings (SSSR count). The smallest absolute Gasteiger partial charge is 0.124 e. The summed E-state index contributed by atoms with van der Waals surface area (Å²) in [4.78, 5) is 10.0. The van der Waals surface area contributed by atoms with Gasteiger partial charge in [0.15, 0.2) is 0 Å². The van der Waals surface area contributed by atoms with Crippen molar-refractivity contribution in [2.75, 3.05) is 0 Å².